The average molecular weight is 761 g/mol. The smallest absolute Gasteiger partial charge is 0.272 e. The van der Waals surface area contributed by atoms with Crippen LogP contribution in [0.1, 0.15) is 43.9 Å². The Kier molecular flexibility index (Phi) is 9.69. The Balaban J connectivity index is 1.10. The number of aliphatic imine (C=N–C) groups is 1. The first-order valence-electron chi connectivity index (χ1n) is 19.1. The number of imidazole rings is 1. The number of para-hydroxylation sites is 2. The predicted molar refractivity (Wildman–Crippen MR) is 224 cm³/mol. The first kappa shape index (κ1) is 36.1. The number of aromatic nitrogens is 3. The van der Waals surface area contributed by atoms with E-state index < -0.39 is 29.3 Å². The molecule has 0 unspecified atom stereocenters. The fourth-order valence-corrected chi connectivity index (χ4v) is 7.91. The van der Waals surface area contributed by atoms with Gasteiger partial charge in [-0.1, -0.05) is 140 Å². The van der Waals surface area contributed by atoms with E-state index in [9.17, 15) is 9.59 Å². The molecule has 0 saturated carbocycles. The molecule has 0 fully saturated rings. The van der Waals surface area contributed by atoms with Crippen LogP contribution in [-0.4, -0.2) is 44.8 Å². The third kappa shape index (κ3) is 6.62. The van der Waals surface area contributed by atoms with Crippen molar-refractivity contribution in [2.45, 2.75) is 18.1 Å². The molecule has 1 atom stereocenters. The molecular formula is C49H37FN6O2. The Labute approximate surface area is 335 Å². The SMILES string of the molecule is O=C(N[C@H]1N=C(c2ccccc2F)c2ccccc2N(CCc2cn(C(c3ccccc3)(c3ccccc3)c3ccccc3)cn2)C1=O)c1cnc2ccccc2c1. The van der Waals surface area contributed by atoms with E-state index in [1.54, 1.807) is 29.2 Å². The van der Waals surface area contributed by atoms with Gasteiger partial charge < -0.3 is 14.8 Å². The molecule has 0 aliphatic carbocycles. The molecule has 2 aromatic heterocycles. The van der Waals surface area contributed by atoms with Crippen molar-refractivity contribution in [3.63, 3.8) is 0 Å². The van der Waals surface area contributed by atoms with Gasteiger partial charge >= 0.3 is 0 Å². The van der Waals surface area contributed by atoms with Crippen LogP contribution in [0.5, 0.6) is 0 Å². The van der Waals surface area contributed by atoms with Gasteiger partial charge in [0.25, 0.3) is 11.8 Å². The van der Waals surface area contributed by atoms with E-state index in [2.05, 4.69) is 51.3 Å². The van der Waals surface area contributed by atoms with Gasteiger partial charge in [-0.3, -0.25) is 14.6 Å². The normalized spacial score (nSPS) is 14.1. The van der Waals surface area contributed by atoms with Gasteiger partial charge in [-0.2, -0.15) is 0 Å². The van der Waals surface area contributed by atoms with Crippen molar-refractivity contribution in [3.05, 3.63) is 233 Å². The summed E-state index contributed by atoms with van der Waals surface area (Å²) in [7, 11) is 0. The summed E-state index contributed by atoms with van der Waals surface area (Å²) in [4.78, 5) is 44.4. The lowest BCUT2D eigenvalue weighted by Gasteiger charge is -2.37. The fraction of sp³-hybridized carbons (Fsp3) is 0.0816. The van der Waals surface area contributed by atoms with Crippen LogP contribution in [0, 0.1) is 5.82 Å². The second-order valence-electron chi connectivity index (χ2n) is 14.1. The summed E-state index contributed by atoms with van der Waals surface area (Å²) < 4.78 is 17.7. The van der Waals surface area contributed by atoms with Crippen LogP contribution in [0.25, 0.3) is 10.9 Å². The van der Waals surface area contributed by atoms with Gasteiger partial charge in [-0.05, 0) is 47.0 Å². The Morgan fingerprint density at radius 3 is 1.95 bits per heavy atom. The largest absolute Gasteiger partial charge is 0.322 e. The molecule has 6 aromatic carbocycles. The third-order valence-electron chi connectivity index (χ3n) is 10.6. The summed E-state index contributed by atoms with van der Waals surface area (Å²) in [6, 6.07) is 53.9. The lowest BCUT2D eigenvalue weighted by molar-refractivity contribution is -0.120. The number of carbonyl (C=O) groups excluding carboxylic acids is 2. The number of nitrogens with zero attached hydrogens (tertiary/aromatic N) is 5. The highest BCUT2D eigenvalue weighted by molar-refractivity contribution is 6.20. The molecule has 1 aliphatic rings. The lowest BCUT2D eigenvalue weighted by Crippen LogP contribution is -2.48. The summed E-state index contributed by atoms with van der Waals surface area (Å²) in [5, 5.41) is 3.63. The third-order valence-corrected chi connectivity index (χ3v) is 10.6. The average Bonchev–Trinajstić information content (AvgIpc) is 3.72. The maximum atomic E-state index is 15.5. The molecule has 0 bridgehead atoms. The van der Waals surface area contributed by atoms with Crippen molar-refractivity contribution in [2.24, 2.45) is 4.99 Å². The Morgan fingerprint density at radius 1 is 0.690 bits per heavy atom. The Hall–Kier alpha value is -7.52. The number of rotatable bonds is 10. The number of nitrogens with one attached hydrogen (secondary N) is 1. The number of anilines is 1. The molecule has 3 heterocycles. The van der Waals surface area contributed by atoms with E-state index in [1.165, 1.54) is 12.3 Å². The van der Waals surface area contributed by atoms with Gasteiger partial charge in [0.2, 0.25) is 6.17 Å². The minimum absolute atomic E-state index is 0.200. The molecule has 8 aromatic rings. The topological polar surface area (TPSA) is 92.5 Å². The number of hydrogen-bond acceptors (Lipinski definition) is 5. The van der Waals surface area contributed by atoms with Gasteiger partial charge in [0.1, 0.15) is 11.4 Å². The van der Waals surface area contributed by atoms with E-state index in [0.717, 1.165) is 33.3 Å². The molecule has 9 rings (SSSR count). The number of amides is 2. The molecule has 9 heteroatoms. The minimum atomic E-state index is -1.37. The molecule has 0 radical (unpaired) electrons. The first-order valence-corrected chi connectivity index (χ1v) is 19.1. The van der Waals surface area contributed by atoms with Crippen molar-refractivity contribution in [3.8, 4) is 0 Å². The van der Waals surface area contributed by atoms with Crippen LogP contribution in [0.2, 0.25) is 0 Å². The second kappa shape index (κ2) is 15.5. The monoisotopic (exact) mass is 760 g/mol. The molecule has 0 saturated heterocycles. The van der Waals surface area contributed by atoms with Crippen LogP contribution in [0.3, 0.4) is 0 Å². The van der Waals surface area contributed by atoms with E-state index in [0.29, 0.717) is 17.7 Å². The minimum Gasteiger partial charge on any atom is -0.322 e. The Morgan fingerprint density at radius 2 is 1.28 bits per heavy atom. The maximum Gasteiger partial charge on any atom is 0.272 e. The molecule has 282 valence electrons. The van der Waals surface area contributed by atoms with Crippen molar-refractivity contribution in [2.75, 3.05) is 11.4 Å². The van der Waals surface area contributed by atoms with Crippen LogP contribution in [-0.2, 0) is 16.8 Å². The highest BCUT2D eigenvalue weighted by Crippen LogP contribution is 2.41. The second-order valence-corrected chi connectivity index (χ2v) is 14.1. The number of pyridine rings is 1. The maximum absolute atomic E-state index is 15.5. The zero-order chi connectivity index (χ0) is 39.5. The lowest BCUT2D eigenvalue weighted by atomic mass is 9.77. The van der Waals surface area contributed by atoms with E-state index >= 15 is 4.39 Å². The van der Waals surface area contributed by atoms with Gasteiger partial charge in [-0.15, -0.1) is 0 Å². The van der Waals surface area contributed by atoms with E-state index in [1.807, 2.05) is 116 Å². The Bertz CT molecular complexity index is 2690. The van der Waals surface area contributed by atoms with Crippen LogP contribution < -0.4 is 10.2 Å². The summed E-state index contributed by atoms with van der Waals surface area (Å²) in [6.45, 7) is 0.200. The highest BCUT2D eigenvalue weighted by atomic mass is 19.1. The molecular weight excluding hydrogens is 724 g/mol. The fourth-order valence-electron chi connectivity index (χ4n) is 7.91. The molecule has 8 nitrogen and oxygen atoms in total. The number of hydrogen-bond donors (Lipinski definition) is 1. The number of benzodiazepines with no additional fused rings is 1. The van der Waals surface area contributed by atoms with Gasteiger partial charge in [0.05, 0.1) is 34.5 Å². The molecule has 1 aliphatic heterocycles. The first-order chi connectivity index (χ1) is 28.5. The number of carbonyl (C=O) groups is 2. The van der Waals surface area contributed by atoms with Crippen LogP contribution >= 0.6 is 0 Å². The summed E-state index contributed by atoms with van der Waals surface area (Å²) >= 11 is 0. The molecule has 1 N–H and O–H groups in total. The summed E-state index contributed by atoms with van der Waals surface area (Å²) in [6.07, 6.45) is 4.35. The zero-order valence-corrected chi connectivity index (χ0v) is 31.3. The van der Waals surface area contributed by atoms with Gasteiger partial charge in [0, 0.05) is 41.9 Å². The number of benzene rings is 6. The highest BCUT2D eigenvalue weighted by Gasteiger charge is 2.39. The molecule has 58 heavy (non-hydrogen) atoms. The van der Waals surface area contributed by atoms with Crippen LogP contribution in [0.15, 0.2) is 194 Å². The van der Waals surface area contributed by atoms with Crippen LogP contribution in [0.4, 0.5) is 10.1 Å². The van der Waals surface area contributed by atoms with E-state index in [-0.39, 0.29) is 23.4 Å². The van der Waals surface area contributed by atoms with Crippen molar-refractivity contribution in [1.82, 2.24) is 19.9 Å². The van der Waals surface area contributed by atoms with Gasteiger partial charge in [0.15, 0.2) is 0 Å². The summed E-state index contributed by atoms with van der Waals surface area (Å²) in [5.41, 5.74) is 5.77. The summed E-state index contributed by atoms with van der Waals surface area (Å²) in [5.74, 6) is -1.49. The number of halogens is 1. The molecule has 0 spiro atoms. The van der Waals surface area contributed by atoms with Crippen molar-refractivity contribution >= 4 is 34.1 Å². The van der Waals surface area contributed by atoms with Gasteiger partial charge in [-0.25, -0.2) is 14.4 Å². The zero-order valence-electron chi connectivity index (χ0n) is 31.3. The molecule has 2 amide bonds. The standard InChI is InChI=1S/C49H37FN6O2/c50-42-25-13-11-23-40(42)45-41-24-12-15-27-44(41)56(48(58)46(53-45)54-47(57)35-30-34-16-10-14-26-43(34)51-31-35)29-28-39-32-55(33-52-39)49(36-17-4-1-5-18-36,37-19-6-2-7-20-37)38-21-8-3-9-22-38/h1-27,30-33,46H,28-29H2,(H,54,57)/t46-/m1/s1. The predicted octanol–water partition coefficient (Wildman–Crippen LogP) is 8.59. The quantitative estimate of drug-likeness (QED) is 0.142. The van der Waals surface area contributed by atoms with Crippen molar-refractivity contribution < 1.29 is 14.0 Å². The number of fused-ring (bicyclic) bond motifs is 2. The van der Waals surface area contributed by atoms with Crippen molar-refractivity contribution in [1.29, 1.82) is 0 Å². The van der Waals surface area contributed by atoms with E-state index in [4.69, 9.17) is 9.98 Å².